The van der Waals surface area contributed by atoms with Gasteiger partial charge in [-0.15, -0.1) is 17.5 Å². The van der Waals surface area contributed by atoms with Crippen LogP contribution in [0.1, 0.15) is 91.7 Å². The number of hydrogen-bond acceptors (Lipinski definition) is 6. The molecule has 0 aliphatic heterocycles. The lowest BCUT2D eigenvalue weighted by atomic mass is 9.79. The van der Waals surface area contributed by atoms with Gasteiger partial charge >= 0.3 is 18.3 Å². The molecule has 15 heteroatoms. The molecule has 1 saturated carbocycles. The van der Waals surface area contributed by atoms with Crippen molar-refractivity contribution in [2.24, 2.45) is 12.5 Å². The topological polar surface area (TPSA) is 87.4 Å². The molecule has 0 spiro atoms. The van der Waals surface area contributed by atoms with Crippen molar-refractivity contribution in [2.75, 3.05) is 22.9 Å². The summed E-state index contributed by atoms with van der Waals surface area (Å²) < 4.78 is 82.3. The monoisotopic (exact) mass is 702 g/mol. The third-order valence-corrected chi connectivity index (χ3v) is 9.53. The maximum atomic E-state index is 13.7. The minimum absolute atomic E-state index is 0. The summed E-state index contributed by atoms with van der Waals surface area (Å²) in [5, 5.41) is 21.9. The number of hydrogen-bond donors (Lipinski definition) is 1. The van der Waals surface area contributed by atoms with E-state index < -0.39 is 29.4 Å². The van der Waals surface area contributed by atoms with E-state index in [-0.39, 0.29) is 54.9 Å². The number of rotatable bonds is 12. The molecule has 0 unspecified atom stereocenters. The van der Waals surface area contributed by atoms with Gasteiger partial charge in [0, 0.05) is 31.9 Å². The fourth-order valence-corrected chi connectivity index (χ4v) is 7.16. The first-order chi connectivity index (χ1) is 22.2. The summed E-state index contributed by atoms with van der Waals surface area (Å²) in [6.45, 7) is 3.03. The third kappa shape index (κ3) is 8.91. The van der Waals surface area contributed by atoms with Crippen LogP contribution in [0.5, 0.6) is 0 Å². The minimum Gasteiger partial charge on any atom is -0.481 e. The Morgan fingerprint density at radius 1 is 0.896 bits per heavy atom. The molecule has 0 bridgehead atoms. The van der Waals surface area contributed by atoms with E-state index in [9.17, 15) is 36.2 Å². The molecule has 264 valence electrons. The van der Waals surface area contributed by atoms with Crippen LogP contribution in [0.3, 0.4) is 0 Å². The van der Waals surface area contributed by atoms with E-state index in [1.165, 1.54) is 17.4 Å². The van der Waals surface area contributed by atoms with Gasteiger partial charge in [-0.05, 0) is 109 Å². The lowest BCUT2D eigenvalue weighted by Gasteiger charge is -2.34. The zero-order valence-electron chi connectivity index (χ0n) is 27.0. The number of aliphatic carboxylic acids is 1. The van der Waals surface area contributed by atoms with Crippen LogP contribution in [0.2, 0.25) is 0 Å². The van der Waals surface area contributed by atoms with Gasteiger partial charge in [0.15, 0.2) is 0 Å². The van der Waals surface area contributed by atoms with Crippen molar-refractivity contribution < 1.29 is 36.2 Å². The van der Waals surface area contributed by atoms with Crippen molar-refractivity contribution in [3.8, 4) is 0 Å². The van der Waals surface area contributed by atoms with Gasteiger partial charge in [0.05, 0.1) is 24.6 Å². The Hall–Kier alpha value is -3.55. The predicted molar refractivity (Wildman–Crippen MR) is 171 cm³/mol. The Morgan fingerprint density at radius 3 is 2.02 bits per heavy atom. The number of carbonyl (C=O) groups is 1. The summed E-state index contributed by atoms with van der Waals surface area (Å²) in [7, 11) is 1.53. The molecule has 0 atom stereocenters. The van der Waals surface area contributed by atoms with Crippen LogP contribution < -0.4 is 9.80 Å². The van der Waals surface area contributed by atoms with Crippen molar-refractivity contribution in [1.82, 2.24) is 20.2 Å². The van der Waals surface area contributed by atoms with Crippen LogP contribution in [-0.2, 0) is 50.1 Å². The molecule has 3 aromatic rings. The normalized spacial score (nSPS) is 15.9. The number of nitrogens with zero attached hydrogens (tertiary/aromatic N) is 6. The Labute approximate surface area is 281 Å². The molecular weight excluding hydrogens is 662 g/mol. The van der Waals surface area contributed by atoms with E-state index >= 15 is 0 Å². The standard InChI is InChI=1S/C33H40F6N6O2.ClH/c1-3-44(13-12-31(19-29(46)47)10-6-7-11-31)28-17-24-9-5-4-8-23(24)16-25(28)21-45(30-40-42-43(2)41-30)20-22-14-26(32(34,35)36)18-27(15-22)33(37,38)39;/h14-18H,3-13,19-21H2,1-2H3,(H,46,47);1H. The molecule has 1 heterocycles. The predicted octanol–water partition coefficient (Wildman–Crippen LogP) is 8.01. The fourth-order valence-electron chi connectivity index (χ4n) is 7.16. The number of fused-ring (bicyclic) bond motifs is 1. The molecule has 8 nitrogen and oxygen atoms in total. The van der Waals surface area contributed by atoms with Crippen LogP contribution >= 0.6 is 12.4 Å². The van der Waals surface area contributed by atoms with Crippen LogP contribution in [0.4, 0.5) is 38.0 Å². The SMILES string of the molecule is CCN(CCC1(CC(=O)O)CCCC1)c1cc2c(cc1CN(Cc1cc(C(F)(F)F)cc(C(F)(F)F)c1)c1nnn(C)n1)CCCC2.Cl. The second-order valence-corrected chi connectivity index (χ2v) is 12.9. The Kier molecular flexibility index (Phi) is 11.6. The van der Waals surface area contributed by atoms with Crippen molar-refractivity contribution in [2.45, 2.75) is 96.6 Å². The molecule has 5 rings (SSSR count). The number of anilines is 2. The summed E-state index contributed by atoms with van der Waals surface area (Å²) in [5.74, 6) is -0.739. The summed E-state index contributed by atoms with van der Waals surface area (Å²) in [4.78, 5) is 16.7. The fraction of sp³-hybridized carbons (Fsp3) is 0.576. The van der Waals surface area contributed by atoms with Gasteiger partial charge < -0.3 is 14.9 Å². The number of alkyl halides is 6. The average Bonchev–Trinajstić information content (AvgIpc) is 3.65. The maximum absolute atomic E-state index is 13.7. The molecule has 1 fully saturated rings. The summed E-state index contributed by atoms with van der Waals surface area (Å²) in [6.07, 6.45) is -1.60. The number of carboxylic acids is 1. The highest BCUT2D eigenvalue weighted by Gasteiger charge is 2.38. The zero-order valence-corrected chi connectivity index (χ0v) is 27.8. The summed E-state index contributed by atoms with van der Waals surface area (Å²) in [6, 6.07) is 5.82. The highest BCUT2D eigenvalue weighted by Crippen LogP contribution is 2.45. The van der Waals surface area contributed by atoms with E-state index in [4.69, 9.17) is 0 Å². The molecule has 1 N–H and O–H groups in total. The van der Waals surface area contributed by atoms with Crippen molar-refractivity contribution >= 4 is 30.0 Å². The molecule has 2 aliphatic carbocycles. The first kappa shape index (κ1) is 37.3. The zero-order chi connectivity index (χ0) is 34.0. The van der Waals surface area contributed by atoms with Crippen molar-refractivity contribution in [1.29, 1.82) is 0 Å². The molecule has 0 radical (unpaired) electrons. The Morgan fingerprint density at radius 2 is 1.50 bits per heavy atom. The van der Waals surface area contributed by atoms with Gasteiger partial charge in [-0.3, -0.25) is 4.79 Å². The molecule has 0 saturated heterocycles. The molecule has 1 aromatic heterocycles. The lowest BCUT2D eigenvalue weighted by molar-refractivity contribution is -0.143. The first-order valence-electron chi connectivity index (χ1n) is 16.0. The molecule has 0 amide bonds. The molecular formula is C33H41ClF6N6O2. The highest BCUT2D eigenvalue weighted by atomic mass is 35.5. The highest BCUT2D eigenvalue weighted by molar-refractivity contribution is 5.85. The number of halogens is 7. The quantitative estimate of drug-likeness (QED) is 0.191. The van der Waals surface area contributed by atoms with Gasteiger partial charge in [0.1, 0.15) is 0 Å². The largest absolute Gasteiger partial charge is 0.481 e. The number of carboxylic acid groups (broad SMARTS) is 1. The first-order valence-corrected chi connectivity index (χ1v) is 16.0. The van der Waals surface area contributed by atoms with E-state index in [0.29, 0.717) is 19.5 Å². The number of aromatic nitrogens is 4. The van der Waals surface area contributed by atoms with Gasteiger partial charge in [0.2, 0.25) is 0 Å². The van der Waals surface area contributed by atoms with Gasteiger partial charge in [-0.2, -0.15) is 31.1 Å². The number of aryl methyl sites for hydroxylation is 3. The second kappa shape index (κ2) is 14.9. The van der Waals surface area contributed by atoms with Crippen LogP contribution in [0, 0.1) is 5.41 Å². The second-order valence-electron chi connectivity index (χ2n) is 12.9. The Balaban J connectivity index is 0.00000520. The average molecular weight is 703 g/mol. The van der Waals surface area contributed by atoms with Crippen molar-refractivity contribution in [3.05, 3.63) is 63.7 Å². The Bertz CT molecular complexity index is 1540. The molecule has 48 heavy (non-hydrogen) atoms. The summed E-state index contributed by atoms with van der Waals surface area (Å²) >= 11 is 0. The van der Waals surface area contributed by atoms with Crippen LogP contribution in [0.15, 0.2) is 30.3 Å². The summed E-state index contributed by atoms with van der Waals surface area (Å²) in [5.41, 5.74) is 0.881. The van der Waals surface area contributed by atoms with E-state index in [1.807, 2.05) is 6.92 Å². The molecule has 2 aromatic carbocycles. The van der Waals surface area contributed by atoms with Crippen molar-refractivity contribution in [3.63, 3.8) is 0 Å². The van der Waals surface area contributed by atoms with Gasteiger partial charge in [0.25, 0.3) is 5.95 Å². The number of tetrazole rings is 1. The smallest absolute Gasteiger partial charge is 0.416 e. The lowest BCUT2D eigenvalue weighted by Crippen LogP contribution is -2.32. The van der Waals surface area contributed by atoms with Crippen LogP contribution in [-0.4, -0.2) is 44.4 Å². The minimum atomic E-state index is -4.98. The third-order valence-electron chi connectivity index (χ3n) is 9.53. The van der Waals surface area contributed by atoms with E-state index in [1.54, 1.807) is 4.90 Å². The maximum Gasteiger partial charge on any atom is 0.416 e. The molecule has 2 aliphatic rings. The van der Waals surface area contributed by atoms with E-state index in [2.05, 4.69) is 32.4 Å². The van der Waals surface area contributed by atoms with Crippen LogP contribution in [0.25, 0.3) is 0 Å². The van der Waals surface area contributed by atoms with E-state index in [0.717, 1.165) is 80.3 Å². The van der Waals surface area contributed by atoms with Gasteiger partial charge in [-0.25, -0.2) is 0 Å². The number of benzene rings is 2. The van der Waals surface area contributed by atoms with Gasteiger partial charge in [-0.1, -0.05) is 24.0 Å².